The molecule has 6 heteroatoms. The zero-order valence-corrected chi connectivity index (χ0v) is 14.1. The molecule has 0 spiro atoms. The van der Waals surface area contributed by atoms with Gasteiger partial charge in [0.1, 0.15) is 6.54 Å². The van der Waals surface area contributed by atoms with Gasteiger partial charge in [0.15, 0.2) is 5.96 Å². The quantitative estimate of drug-likeness (QED) is 0.559. The lowest BCUT2D eigenvalue weighted by Crippen LogP contribution is -2.45. The van der Waals surface area contributed by atoms with E-state index >= 15 is 0 Å². The second kappa shape index (κ2) is 8.98. The van der Waals surface area contributed by atoms with Crippen LogP contribution < -0.4 is 10.6 Å². The third-order valence-corrected chi connectivity index (χ3v) is 4.59. The highest BCUT2D eigenvalue weighted by molar-refractivity contribution is 5.85. The van der Waals surface area contributed by atoms with E-state index < -0.39 is 0 Å². The summed E-state index contributed by atoms with van der Waals surface area (Å²) in [6.45, 7) is 10.3. The van der Waals surface area contributed by atoms with Crippen LogP contribution in [-0.2, 0) is 4.79 Å². The van der Waals surface area contributed by atoms with Crippen LogP contribution in [0, 0.1) is 0 Å². The number of carbonyl (C=O) groups excluding carboxylic acids is 1. The molecule has 0 aromatic carbocycles. The van der Waals surface area contributed by atoms with Gasteiger partial charge in [-0.15, -0.1) is 0 Å². The van der Waals surface area contributed by atoms with Crippen LogP contribution in [-0.4, -0.2) is 73.5 Å². The van der Waals surface area contributed by atoms with Gasteiger partial charge in [0, 0.05) is 32.2 Å². The average Bonchev–Trinajstić information content (AvgIpc) is 3.20. The number of likely N-dealkylation sites (tertiary alicyclic amines) is 2. The van der Waals surface area contributed by atoms with Gasteiger partial charge in [-0.2, -0.15) is 0 Å². The highest BCUT2D eigenvalue weighted by Crippen LogP contribution is 2.15. The Balaban J connectivity index is 1.80. The highest BCUT2D eigenvalue weighted by atomic mass is 16.2. The molecule has 0 radical (unpaired) electrons. The second-order valence-electron chi connectivity index (χ2n) is 6.09. The normalized spacial score (nSPS) is 23.1. The maximum atomic E-state index is 12.1. The number of nitrogens with zero attached hydrogens (tertiary/aromatic N) is 3. The SMILES string of the molecule is CCNC(=NCC(=O)N1CCCC1)NCC1CCCN1CC. The summed E-state index contributed by atoms with van der Waals surface area (Å²) >= 11 is 0. The summed E-state index contributed by atoms with van der Waals surface area (Å²) in [7, 11) is 0. The Kier molecular flexibility index (Phi) is 6.96. The first-order valence-corrected chi connectivity index (χ1v) is 8.78. The van der Waals surface area contributed by atoms with Gasteiger partial charge in [0.2, 0.25) is 5.91 Å². The number of amides is 1. The average molecular weight is 309 g/mol. The van der Waals surface area contributed by atoms with Crippen molar-refractivity contribution >= 4 is 11.9 Å². The summed E-state index contributed by atoms with van der Waals surface area (Å²) in [6.07, 6.45) is 4.78. The van der Waals surface area contributed by atoms with Gasteiger partial charge < -0.3 is 15.5 Å². The first kappa shape index (κ1) is 17.1. The number of likely N-dealkylation sites (N-methyl/N-ethyl adjacent to an activating group) is 1. The molecule has 2 aliphatic rings. The van der Waals surface area contributed by atoms with Crippen molar-refractivity contribution in [3.8, 4) is 0 Å². The van der Waals surface area contributed by atoms with Crippen molar-refractivity contribution in [1.29, 1.82) is 0 Å². The van der Waals surface area contributed by atoms with Crippen LogP contribution in [0.3, 0.4) is 0 Å². The monoisotopic (exact) mass is 309 g/mol. The molecule has 0 aromatic heterocycles. The third kappa shape index (κ3) is 4.87. The molecule has 6 nitrogen and oxygen atoms in total. The summed E-state index contributed by atoms with van der Waals surface area (Å²) in [4.78, 5) is 20.9. The Morgan fingerprint density at radius 1 is 1.14 bits per heavy atom. The van der Waals surface area contributed by atoms with E-state index in [2.05, 4.69) is 27.4 Å². The number of guanidine groups is 1. The lowest BCUT2D eigenvalue weighted by Gasteiger charge is -2.24. The summed E-state index contributed by atoms with van der Waals surface area (Å²) in [5.74, 6) is 0.906. The molecule has 22 heavy (non-hydrogen) atoms. The lowest BCUT2D eigenvalue weighted by atomic mass is 10.2. The molecule has 1 amide bonds. The molecule has 0 bridgehead atoms. The van der Waals surface area contributed by atoms with Crippen LogP contribution in [0.25, 0.3) is 0 Å². The van der Waals surface area contributed by atoms with E-state index in [1.807, 2.05) is 11.8 Å². The van der Waals surface area contributed by atoms with E-state index in [0.29, 0.717) is 6.04 Å². The van der Waals surface area contributed by atoms with E-state index in [9.17, 15) is 4.79 Å². The van der Waals surface area contributed by atoms with Gasteiger partial charge in [-0.05, 0) is 45.7 Å². The number of rotatable bonds is 6. The Bertz CT molecular complexity index is 379. The Hall–Kier alpha value is -1.30. The Morgan fingerprint density at radius 3 is 2.59 bits per heavy atom. The number of aliphatic imine (C=N–C) groups is 1. The first-order chi connectivity index (χ1) is 10.7. The van der Waals surface area contributed by atoms with Crippen molar-refractivity contribution in [2.24, 2.45) is 4.99 Å². The molecule has 0 saturated carbocycles. The smallest absolute Gasteiger partial charge is 0.244 e. The van der Waals surface area contributed by atoms with Gasteiger partial charge in [-0.3, -0.25) is 9.69 Å². The van der Waals surface area contributed by atoms with E-state index in [-0.39, 0.29) is 12.5 Å². The minimum Gasteiger partial charge on any atom is -0.357 e. The van der Waals surface area contributed by atoms with E-state index in [1.165, 1.54) is 19.4 Å². The van der Waals surface area contributed by atoms with E-state index in [1.54, 1.807) is 0 Å². The summed E-state index contributed by atoms with van der Waals surface area (Å²) in [5, 5.41) is 6.63. The lowest BCUT2D eigenvalue weighted by molar-refractivity contribution is -0.128. The molecular weight excluding hydrogens is 278 g/mol. The Morgan fingerprint density at radius 2 is 1.91 bits per heavy atom. The molecule has 126 valence electrons. The fourth-order valence-electron chi connectivity index (χ4n) is 3.31. The second-order valence-corrected chi connectivity index (χ2v) is 6.09. The van der Waals surface area contributed by atoms with Crippen molar-refractivity contribution < 1.29 is 4.79 Å². The predicted molar refractivity (Wildman–Crippen MR) is 90.1 cm³/mol. The third-order valence-electron chi connectivity index (χ3n) is 4.59. The molecule has 0 aromatic rings. The maximum absolute atomic E-state index is 12.1. The molecule has 1 atom stereocenters. The van der Waals surface area contributed by atoms with Crippen molar-refractivity contribution in [2.45, 2.75) is 45.6 Å². The molecule has 2 fully saturated rings. The first-order valence-electron chi connectivity index (χ1n) is 8.78. The Labute approximate surface area is 134 Å². The number of carbonyl (C=O) groups is 1. The molecule has 2 aliphatic heterocycles. The van der Waals surface area contributed by atoms with Crippen LogP contribution in [0.5, 0.6) is 0 Å². The van der Waals surface area contributed by atoms with Crippen LogP contribution in [0.2, 0.25) is 0 Å². The van der Waals surface area contributed by atoms with Gasteiger partial charge in [-0.1, -0.05) is 6.92 Å². The summed E-state index contributed by atoms with van der Waals surface area (Å²) < 4.78 is 0. The standard InChI is InChI=1S/C16H31N5O/c1-3-17-16(18-12-14-8-7-11-20(14)4-2)19-13-15(22)21-9-5-6-10-21/h14H,3-13H2,1-2H3,(H2,17,18,19). The van der Waals surface area contributed by atoms with E-state index in [0.717, 1.165) is 51.5 Å². The largest absolute Gasteiger partial charge is 0.357 e. The fourth-order valence-corrected chi connectivity index (χ4v) is 3.31. The fraction of sp³-hybridized carbons (Fsp3) is 0.875. The van der Waals surface area contributed by atoms with Crippen molar-refractivity contribution in [2.75, 3.05) is 45.8 Å². The molecule has 2 saturated heterocycles. The summed E-state index contributed by atoms with van der Waals surface area (Å²) in [5.41, 5.74) is 0. The van der Waals surface area contributed by atoms with Gasteiger partial charge in [0.05, 0.1) is 0 Å². The molecule has 2 heterocycles. The zero-order chi connectivity index (χ0) is 15.8. The predicted octanol–water partition coefficient (Wildman–Crippen LogP) is 0.648. The van der Waals surface area contributed by atoms with Crippen molar-refractivity contribution in [3.05, 3.63) is 0 Å². The van der Waals surface area contributed by atoms with Gasteiger partial charge in [0.25, 0.3) is 0 Å². The van der Waals surface area contributed by atoms with Crippen LogP contribution in [0.1, 0.15) is 39.5 Å². The minimum atomic E-state index is 0.144. The zero-order valence-electron chi connectivity index (χ0n) is 14.1. The highest BCUT2D eigenvalue weighted by Gasteiger charge is 2.23. The van der Waals surface area contributed by atoms with Crippen LogP contribution in [0.15, 0.2) is 4.99 Å². The summed E-state index contributed by atoms with van der Waals surface area (Å²) in [6, 6.07) is 0.586. The molecule has 1 unspecified atom stereocenters. The van der Waals surface area contributed by atoms with Gasteiger partial charge in [-0.25, -0.2) is 4.99 Å². The minimum absolute atomic E-state index is 0.144. The number of hydrogen-bond acceptors (Lipinski definition) is 3. The topological polar surface area (TPSA) is 60.0 Å². The maximum Gasteiger partial charge on any atom is 0.244 e. The molecule has 2 rings (SSSR count). The molecular formula is C16H31N5O. The van der Waals surface area contributed by atoms with Gasteiger partial charge >= 0.3 is 0 Å². The molecule has 2 N–H and O–H groups in total. The van der Waals surface area contributed by atoms with E-state index in [4.69, 9.17) is 0 Å². The molecule has 0 aliphatic carbocycles. The van der Waals surface area contributed by atoms with Crippen molar-refractivity contribution in [3.63, 3.8) is 0 Å². The number of nitrogens with one attached hydrogen (secondary N) is 2. The van der Waals surface area contributed by atoms with Crippen molar-refractivity contribution in [1.82, 2.24) is 20.4 Å². The van der Waals surface area contributed by atoms with Crippen LogP contribution in [0.4, 0.5) is 0 Å². The number of hydrogen-bond donors (Lipinski definition) is 2. The van der Waals surface area contributed by atoms with Crippen LogP contribution >= 0.6 is 0 Å².